The number of benzene rings is 1. The Morgan fingerprint density at radius 3 is 2.76 bits per heavy atom. The van der Waals surface area contributed by atoms with E-state index in [4.69, 9.17) is 9.72 Å². The maximum absolute atomic E-state index is 12.9. The van der Waals surface area contributed by atoms with Crippen molar-refractivity contribution in [2.75, 3.05) is 58.3 Å². The lowest BCUT2D eigenvalue weighted by Gasteiger charge is -2.28. The third kappa shape index (κ3) is 5.24. The highest BCUT2D eigenvalue weighted by atomic mass is 32.1. The predicted molar refractivity (Wildman–Crippen MR) is 138 cm³/mol. The average molecular weight is 480 g/mol. The highest BCUT2D eigenvalue weighted by Gasteiger charge is 2.20. The molecule has 0 unspecified atom stereocenters. The van der Waals surface area contributed by atoms with Gasteiger partial charge in [-0.05, 0) is 81.4 Å². The molecule has 2 aliphatic heterocycles. The molecular weight excluding hydrogens is 446 g/mol. The molecule has 2 fully saturated rings. The molecule has 2 aliphatic rings. The summed E-state index contributed by atoms with van der Waals surface area (Å²) in [6.45, 7) is 7.87. The summed E-state index contributed by atoms with van der Waals surface area (Å²) in [5.41, 5.74) is 2.74. The number of hydrogen-bond acceptors (Lipinski definition) is 7. The predicted octanol–water partition coefficient (Wildman–Crippen LogP) is 4.28. The number of rotatable bonds is 6. The molecule has 1 N–H and O–H groups in total. The van der Waals surface area contributed by atoms with Crippen molar-refractivity contribution in [1.29, 1.82) is 0 Å². The van der Waals surface area contributed by atoms with Gasteiger partial charge in [-0.2, -0.15) is 0 Å². The Morgan fingerprint density at radius 2 is 1.97 bits per heavy atom. The van der Waals surface area contributed by atoms with E-state index in [1.165, 1.54) is 25.9 Å². The fraction of sp³-hybridized carbons (Fsp3) is 0.500. The van der Waals surface area contributed by atoms with Crippen LogP contribution in [0.2, 0.25) is 0 Å². The number of ether oxygens (including phenoxy) is 1. The number of anilines is 1. The van der Waals surface area contributed by atoms with Gasteiger partial charge >= 0.3 is 0 Å². The van der Waals surface area contributed by atoms with Crippen LogP contribution in [-0.2, 0) is 4.74 Å². The van der Waals surface area contributed by atoms with Crippen LogP contribution < -0.4 is 5.32 Å². The second-order valence-corrected chi connectivity index (χ2v) is 10.5. The number of nitrogens with zero attached hydrogens (tertiary/aromatic N) is 4. The molecule has 0 atom stereocenters. The maximum Gasteiger partial charge on any atom is 0.254 e. The van der Waals surface area contributed by atoms with E-state index in [-0.39, 0.29) is 5.91 Å². The number of fused-ring (bicyclic) bond motifs is 1. The smallest absolute Gasteiger partial charge is 0.254 e. The van der Waals surface area contributed by atoms with Gasteiger partial charge in [-0.1, -0.05) is 6.07 Å². The van der Waals surface area contributed by atoms with Crippen molar-refractivity contribution in [3.63, 3.8) is 0 Å². The van der Waals surface area contributed by atoms with E-state index in [0.29, 0.717) is 32.3 Å². The first-order valence-corrected chi connectivity index (χ1v) is 13.1. The van der Waals surface area contributed by atoms with Crippen LogP contribution in [0.5, 0.6) is 0 Å². The third-order valence-electron chi connectivity index (χ3n) is 6.94. The van der Waals surface area contributed by atoms with E-state index >= 15 is 0 Å². The molecule has 5 rings (SSSR count). The van der Waals surface area contributed by atoms with Crippen LogP contribution in [0, 0.1) is 12.8 Å². The lowest BCUT2D eigenvalue weighted by molar-refractivity contribution is 0.0303. The largest absolute Gasteiger partial charge is 0.378 e. The molecule has 0 bridgehead atoms. The van der Waals surface area contributed by atoms with Crippen LogP contribution in [0.1, 0.15) is 35.2 Å². The Labute approximate surface area is 205 Å². The lowest BCUT2D eigenvalue weighted by atomic mass is 9.94. The molecule has 4 heterocycles. The van der Waals surface area contributed by atoms with Crippen molar-refractivity contribution < 1.29 is 9.53 Å². The van der Waals surface area contributed by atoms with Crippen molar-refractivity contribution in [2.24, 2.45) is 5.92 Å². The van der Waals surface area contributed by atoms with Crippen LogP contribution in [0.3, 0.4) is 0 Å². The summed E-state index contributed by atoms with van der Waals surface area (Å²) in [6, 6.07) is 8.15. The summed E-state index contributed by atoms with van der Waals surface area (Å²) in [5, 5.41) is 4.58. The first-order valence-electron chi connectivity index (χ1n) is 12.2. The normalized spacial score (nSPS) is 17.9. The second-order valence-electron chi connectivity index (χ2n) is 9.46. The quantitative estimate of drug-likeness (QED) is 0.569. The molecule has 3 aromatic rings. The first kappa shape index (κ1) is 23.2. The Morgan fingerprint density at radius 1 is 1.18 bits per heavy atom. The highest BCUT2D eigenvalue weighted by molar-refractivity contribution is 7.22. The standard InChI is InChI=1S/C26H33N5O2S/c1-18-17-28-26(27-8-5-19-6-9-30(2)10-7-19)29-24(18)23-15-20-3-4-21(16-22(20)34-23)25(32)31-11-13-33-14-12-31/h3-4,15-17,19H,5-14H2,1-2H3,(H,27,28,29). The Hall–Kier alpha value is -2.55. The number of morpholine rings is 1. The Balaban J connectivity index is 1.29. The number of amides is 1. The summed E-state index contributed by atoms with van der Waals surface area (Å²) in [5.74, 6) is 1.55. The summed E-state index contributed by atoms with van der Waals surface area (Å²) in [6.07, 6.45) is 5.60. The highest BCUT2D eigenvalue weighted by Crippen LogP contribution is 2.35. The minimum atomic E-state index is 0.0782. The Kier molecular flexibility index (Phi) is 7.08. The van der Waals surface area contributed by atoms with E-state index in [2.05, 4.69) is 35.2 Å². The SMILES string of the molecule is Cc1cnc(NCCC2CCN(C)CC2)nc1-c1cc2ccc(C(=O)N3CCOCC3)cc2s1. The van der Waals surface area contributed by atoms with Gasteiger partial charge in [0.2, 0.25) is 5.95 Å². The Bertz CT molecular complexity index is 1150. The molecule has 7 nitrogen and oxygen atoms in total. The maximum atomic E-state index is 12.9. The fourth-order valence-corrected chi connectivity index (χ4v) is 5.90. The molecule has 0 spiro atoms. The molecule has 1 aromatic carbocycles. The van der Waals surface area contributed by atoms with Crippen LogP contribution in [0.4, 0.5) is 5.95 Å². The topological polar surface area (TPSA) is 70.6 Å². The van der Waals surface area contributed by atoms with Gasteiger partial charge in [0.05, 0.1) is 23.8 Å². The fourth-order valence-electron chi connectivity index (χ4n) is 4.75. The number of piperidine rings is 1. The number of hydrogen-bond donors (Lipinski definition) is 1. The van der Waals surface area contributed by atoms with Gasteiger partial charge in [0.15, 0.2) is 0 Å². The van der Waals surface area contributed by atoms with Gasteiger partial charge in [-0.25, -0.2) is 9.97 Å². The average Bonchev–Trinajstić information content (AvgIpc) is 3.29. The van der Waals surface area contributed by atoms with Crippen LogP contribution >= 0.6 is 11.3 Å². The van der Waals surface area contributed by atoms with Crippen molar-refractivity contribution >= 4 is 33.3 Å². The van der Waals surface area contributed by atoms with Gasteiger partial charge in [-0.15, -0.1) is 11.3 Å². The summed E-state index contributed by atoms with van der Waals surface area (Å²) in [7, 11) is 2.20. The minimum Gasteiger partial charge on any atom is -0.378 e. The van der Waals surface area contributed by atoms with E-state index in [1.807, 2.05) is 29.3 Å². The minimum absolute atomic E-state index is 0.0782. The monoisotopic (exact) mass is 479 g/mol. The number of likely N-dealkylation sites (tertiary alicyclic amines) is 1. The molecular formula is C26H33N5O2S. The van der Waals surface area contributed by atoms with Crippen LogP contribution in [-0.4, -0.2) is 78.7 Å². The summed E-state index contributed by atoms with van der Waals surface area (Å²) >= 11 is 1.68. The lowest BCUT2D eigenvalue weighted by Crippen LogP contribution is -2.40. The molecule has 1 amide bonds. The van der Waals surface area contributed by atoms with Crippen molar-refractivity contribution in [3.05, 3.63) is 41.6 Å². The van der Waals surface area contributed by atoms with Gasteiger partial charge in [-0.3, -0.25) is 4.79 Å². The van der Waals surface area contributed by atoms with Gasteiger partial charge in [0.1, 0.15) is 0 Å². The molecule has 8 heteroatoms. The molecule has 0 aliphatic carbocycles. The summed E-state index contributed by atoms with van der Waals surface area (Å²) < 4.78 is 6.48. The number of thiophene rings is 1. The molecule has 0 saturated carbocycles. The molecule has 0 radical (unpaired) electrons. The summed E-state index contributed by atoms with van der Waals surface area (Å²) in [4.78, 5) is 27.6. The van der Waals surface area contributed by atoms with Gasteiger partial charge in [0, 0.05) is 36.1 Å². The molecule has 180 valence electrons. The van der Waals surface area contributed by atoms with Crippen molar-refractivity contribution in [1.82, 2.24) is 19.8 Å². The van der Waals surface area contributed by atoms with Crippen LogP contribution in [0.25, 0.3) is 20.7 Å². The van der Waals surface area contributed by atoms with Gasteiger partial charge < -0.3 is 19.9 Å². The van der Waals surface area contributed by atoms with E-state index in [1.54, 1.807) is 11.3 Å². The second kappa shape index (κ2) is 10.4. The first-order chi connectivity index (χ1) is 16.6. The zero-order valence-corrected chi connectivity index (χ0v) is 20.9. The van der Waals surface area contributed by atoms with Gasteiger partial charge in [0.25, 0.3) is 5.91 Å². The third-order valence-corrected chi connectivity index (χ3v) is 8.05. The van der Waals surface area contributed by atoms with E-state index < -0.39 is 0 Å². The number of aromatic nitrogens is 2. The van der Waals surface area contributed by atoms with Crippen LogP contribution in [0.15, 0.2) is 30.5 Å². The van der Waals surface area contributed by atoms with Crippen molar-refractivity contribution in [3.8, 4) is 10.6 Å². The molecule has 2 aromatic heterocycles. The zero-order chi connectivity index (χ0) is 23.5. The number of aryl methyl sites for hydroxylation is 1. The number of carbonyl (C=O) groups is 1. The zero-order valence-electron chi connectivity index (χ0n) is 20.0. The number of nitrogens with one attached hydrogen (secondary N) is 1. The van der Waals surface area contributed by atoms with E-state index in [9.17, 15) is 4.79 Å². The van der Waals surface area contributed by atoms with E-state index in [0.717, 1.165) is 50.7 Å². The molecule has 2 saturated heterocycles. The number of carbonyl (C=O) groups excluding carboxylic acids is 1. The van der Waals surface area contributed by atoms with Crippen molar-refractivity contribution in [2.45, 2.75) is 26.2 Å². The molecule has 34 heavy (non-hydrogen) atoms.